The number of thiazole rings is 1. The van der Waals surface area contributed by atoms with Crippen LogP contribution >= 0.6 is 11.3 Å². The van der Waals surface area contributed by atoms with Crippen LogP contribution in [0.25, 0.3) is 15.3 Å². The van der Waals surface area contributed by atoms with E-state index in [1.54, 1.807) is 36.1 Å². The van der Waals surface area contributed by atoms with Gasteiger partial charge in [-0.2, -0.15) is 15.3 Å². The van der Waals surface area contributed by atoms with Gasteiger partial charge in [0.2, 0.25) is 5.91 Å². The maximum Gasteiger partial charge on any atom is 0.260 e. The van der Waals surface area contributed by atoms with Crippen LogP contribution in [0.4, 0.5) is 11.4 Å². The van der Waals surface area contributed by atoms with E-state index >= 15 is 0 Å². The summed E-state index contributed by atoms with van der Waals surface area (Å²) in [7, 11) is 0. The number of carbonyl (C=O) groups excluding carboxylic acids is 2. The summed E-state index contributed by atoms with van der Waals surface area (Å²) in [6, 6.07) is 3.62. The van der Waals surface area contributed by atoms with Crippen molar-refractivity contribution in [1.29, 1.82) is 0 Å². The van der Waals surface area contributed by atoms with Gasteiger partial charge in [-0.05, 0) is 31.4 Å². The monoisotopic (exact) mass is 494 g/mol. The van der Waals surface area contributed by atoms with E-state index < -0.39 is 0 Å². The van der Waals surface area contributed by atoms with Crippen molar-refractivity contribution in [3.63, 3.8) is 0 Å². The van der Waals surface area contributed by atoms with Gasteiger partial charge in [0.05, 0.1) is 58.3 Å². The Balaban J connectivity index is 0.00000190. The molecule has 4 aromatic rings. The van der Waals surface area contributed by atoms with Crippen molar-refractivity contribution in [3.8, 4) is 10.4 Å². The van der Waals surface area contributed by atoms with Crippen LogP contribution in [0.5, 0.6) is 0 Å². The second kappa shape index (κ2) is 8.82. The Morgan fingerprint density at radius 2 is 1.97 bits per heavy atom. The maximum atomic E-state index is 13.1. The summed E-state index contributed by atoms with van der Waals surface area (Å²) in [5.41, 5.74) is 4.19. The van der Waals surface area contributed by atoms with Crippen molar-refractivity contribution in [1.82, 2.24) is 29.7 Å². The number of anilines is 2. The van der Waals surface area contributed by atoms with Crippen molar-refractivity contribution < 1.29 is 12.4 Å². The molecule has 1 fully saturated rings. The molecule has 184 valence electrons. The fraction of sp³-hybridized carbons (Fsp3) is 0.333. The topological polar surface area (TPSA) is 117 Å². The molecule has 1 aliphatic heterocycles. The number of fused-ring (bicyclic) bond motifs is 1. The molecule has 1 aliphatic rings. The van der Waals surface area contributed by atoms with E-state index in [2.05, 4.69) is 49.7 Å². The van der Waals surface area contributed by atoms with Gasteiger partial charge in [-0.25, -0.2) is 4.52 Å². The molecule has 0 saturated carbocycles. The highest BCUT2D eigenvalue weighted by Crippen LogP contribution is 2.32. The number of aryl methyl sites for hydroxylation is 2. The fourth-order valence-corrected chi connectivity index (χ4v) is 5.46. The number of likely N-dealkylation sites (tertiary alicyclic amines) is 1. The van der Waals surface area contributed by atoms with Crippen LogP contribution in [0.3, 0.4) is 0 Å². The first kappa shape index (κ1) is 23.1. The minimum Gasteiger partial charge on any atom is -0.324 e. The number of rotatable bonds is 6. The first-order valence-electron chi connectivity index (χ1n) is 11.2. The molecule has 0 aromatic carbocycles. The summed E-state index contributed by atoms with van der Waals surface area (Å²) < 4.78 is 1.69. The average Bonchev–Trinajstić information content (AvgIpc) is 3.36. The highest BCUT2D eigenvalue weighted by molar-refractivity contribution is 7.21. The first-order valence-corrected chi connectivity index (χ1v) is 12.1. The number of pyridine rings is 1. The Morgan fingerprint density at radius 3 is 2.71 bits per heavy atom. The molecular weight excluding hydrogens is 464 g/mol. The number of aromatic nitrogens is 5. The third-order valence-electron chi connectivity index (χ3n) is 5.90. The quantitative estimate of drug-likeness (QED) is 0.418. The van der Waals surface area contributed by atoms with Crippen LogP contribution in [-0.2, 0) is 4.79 Å². The van der Waals surface area contributed by atoms with Crippen molar-refractivity contribution in [2.24, 2.45) is 5.41 Å². The van der Waals surface area contributed by atoms with Gasteiger partial charge < -0.3 is 10.6 Å². The summed E-state index contributed by atoms with van der Waals surface area (Å²) in [5.74, 6) is -0.400. The van der Waals surface area contributed by atoms with E-state index in [0.29, 0.717) is 29.2 Å². The molecule has 2 N–H and O–H groups in total. The third-order valence-corrected chi connectivity index (χ3v) is 7.05. The van der Waals surface area contributed by atoms with E-state index in [-0.39, 0.29) is 20.1 Å². The molecule has 1 saturated heterocycles. The predicted octanol–water partition coefficient (Wildman–Crippen LogP) is 3.89. The zero-order valence-corrected chi connectivity index (χ0v) is 20.8. The third kappa shape index (κ3) is 4.77. The van der Waals surface area contributed by atoms with Gasteiger partial charge in [0, 0.05) is 27.7 Å². The number of nitrogens with zero attached hydrogens (tertiary/aromatic N) is 6. The Hall–Kier alpha value is -3.70. The summed E-state index contributed by atoms with van der Waals surface area (Å²) >= 11 is 1.46. The molecule has 5 rings (SSSR count). The molecule has 5 heterocycles. The molecule has 0 atom stereocenters. The molecule has 0 unspecified atom stereocenters. The highest BCUT2D eigenvalue weighted by atomic mass is 32.1. The molecule has 35 heavy (non-hydrogen) atoms. The van der Waals surface area contributed by atoms with Gasteiger partial charge in [0.25, 0.3) is 5.91 Å². The van der Waals surface area contributed by atoms with Gasteiger partial charge in [0.15, 0.2) is 0 Å². The Labute approximate surface area is 209 Å². The van der Waals surface area contributed by atoms with Crippen molar-refractivity contribution in [3.05, 3.63) is 53.9 Å². The van der Waals surface area contributed by atoms with Gasteiger partial charge >= 0.3 is 0 Å². The van der Waals surface area contributed by atoms with Crippen molar-refractivity contribution in [2.45, 2.75) is 27.7 Å². The Bertz CT molecular complexity index is 1440. The average molecular weight is 495 g/mol. The van der Waals surface area contributed by atoms with Crippen LogP contribution in [-0.4, -0.2) is 61.1 Å². The van der Waals surface area contributed by atoms with Gasteiger partial charge in [-0.3, -0.25) is 19.5 Å². The van der Waals surface area contributed by atoms with Crippen LogP contribution in [0.15, 0.2) is 36.9 Å². The van der Waals surface area contributed by atoms with Crippen LogP contribution in [0.1, 0.15) is 38.4 Å². The van der Waals surface area contributed by atoms with Crippen LogP contribution < -0.4 is 10.6 Å². The minimum absolute atomic E-state index is 0. The Morgan fingerprint density at radius 1 is 1.17 bits per heavy atom. The van der Waals surface area contributed by atoms with Crippen molar-refractivity contribution in [2.75, 3.05) is 30.3 Å². The summed E-state index contributed by atoms with van der Waals surface area (Å²) in [4.78, 5) is 33.7. The normalized spacial score (nSPS) is 15.1. The number of carbonyl (C=O) groups is 2. The first-order chi connectivity index (χ1) is 16.7. The number of hydrogen-bond donors (Lipinski definition) is 2. The molecule has 11 heteroatoms. The Kier molecular flexibility index (Phi) is 5.81. The molecule has 0 bridgehead atoms. The molecule has 2 amide bonds. The summed E-state index contributed by atoms with van der Waals surface area (Å²) in [6.45, 7) is 10.2. The predicted molar refractivity (Wildman–Crippen MR) is 139 cm³/mol. The minimum atomic E-state index is -0.297. The molecule has 0 radical (unpaired) electrons. The van der Waals surface area contributed by atoms with Gasteiger partial charge in [-0.1, -0.05) is 13.8 Å². The lowest BCUT2D eigenvalue weighted by atomic mass is 9.84. The second-order valence-corrected chi connectivity index (χ2v) is 10.6. The molecule has 10 nitrogen and oxygen atoms in total. The summed E-state index contributed by atoms with van der Waals surface area (Å²) in [5, 5.41) is 18.1. The van der Waals surface area contributed by atoms with E-state index in [1.165, 1.54) is 11.3 Å². The SMILES string of the molecule is Cc1ncc(NC(=O)CN2CC(C)(C)C2)cc1NC(=O)c1cnn2cc(-c3ccnnc3C)sc12.[HH].[HH]. The van der Waals surface area contributed by atoms with Crippen LogP contribution in [0.2, 0.25) is 0 Å². The standard InChI is InChI=1S/C24H26N8O2S.2H2/c1-14-17(5-6-26-30-14)20-10-32-23(35-20)18(9-27-32)22(34)29-19-7-16(8-25-15(19)2)28-21(33)11-31-12-24(3,4)13-31;;/h5-10H,11-13H2,1-4H3,(H,28,33)(H,29,34);2*1H. The van der Waals surface area contributed by atoms with Gasteiger partial charge in [0.1, 0.15) is 4.83 Å². The molecule has 4 aromatic heterocycles. The summed E-state index contributed by atoms with van der Waals surface area (Å²) in [6.07, 6.45) is 6.66. The van der Waals surface area contributed by atoms with Crippen LogP contribution in [0, 0.1) is 19.3 Å². The fourth-order valence-electron chi connectivity index (χ4n) is 4.33. The smallest absolute Gasteiger partial charge is 0.260 e. The maximum absolute atomic E-state index is 13.1. The lowest BCUT2D eigenvalue weighted by Gasteiger charge is -2.45. The number of nitrogens with one attached hydrogen (secondary N) is 2. The zero-order chi connectivity index (χ0) is 24.7. The molecule has 0 aliphatic carbocycles. The lowest BCUT2D eigenvalue weighted by Crippen LogP contribution is -2.54. The number of amides is 2. The number of hydrogen-bond acceptors (Lipinski definition) is 8. The van der Waals surface area contributed by atoms with E-state index in [9.17, 15) is 9.59 Å². The lowest BCUT2D eigenvalue weighted by molar-refractivity contribution is -0.120. The van der Waals surface area contributed by atoms with E-state index in [1.807, 2.05) is 19.2 Å². The highest BCUT2D eigenvalue weighted by Gasteiger charge is 2.34. The van der Waals surface area contributed by atoms with E-state index in [0.717, 1.165) is 34.1 Å². The van der Waals surface area contributed by atoms with Gasteiger partial charge in [-0.15, -0.1) is 11.3 Å². The molecular formula is C24H30N8O2S. The van der Waals surface area contributed by atoms with E-state index in [4.69, 9.17) is 0 Å². The van der Waals surface area contributed by atoms with Crippen molar-refractivity contribution >= 4 is 39.4 Å². The second-order valence-electron chi connectivity index (χ2n) is 9.60. The zero-order valence-electron chi connectivity index (χ0n) is 20.0. The molecule has 0 spiro atoms. The largest absolute Gasteiger partial charge is 0.324 e.